The van der Waals surface area contributed by atoms with Crippen molar-refractivity contribution in [3.05, 3.63) is 43.6 Å². The Hall–Kier alpha value is -1.93. The van der Waals surface area contributed by atoms with E-state index >= 15 is 0 Å². The number of nitrogens with two attached hydrogens (primary N) is 1. The van der Waals surface area contributed by atoms with Gasteiger partial charge < -0.3 is 20.5 Å². The van der Waals surface area contributed by atoms with Gasteiger partial charge in [0.15, 0.2) is 17.0 Å². The van der Waals surface area contributed by atoms with Gasteiger partial charge in [0.25, 0.3) is 5.91 Å². The van der Waals surface area contributed by atoms with Crippen LogP contribution in [0.25, 0.3) is 0 Å². The maximum absolute atomic E-state index is 12.4. The molecule has 0 saturated heterocycles. The summed E-state index contributed by atoms with van der Waals surface area (Å²) < 4.78 is 10.3. The zero-order valence-corrected chi connectivity index (χ0v) is 17.9. The number of pyridine rings is 1. The molecule has 7 nitrogen and oxygen atoms in total. The Morgan fingerprint density at radius 2 is 1.82 bits per heavy atom. The first kappa shape index (κ1) is 22.4. The monoisotopic (exact) mass is 465 g/mol. The second-order valence-corrected chi connectivity index (χ2v) is 7.15. The van der Waals surface area contributed by atoms with Crippen molar-refractivity contribution >= 4 is 69.7 Å². The maximum atomic E-state index is 12.4. The van der Waals surface area contributed by atoms with Gasteiger partial charge in [-0.3, -0.25) is 4.79 Å². The van der Waals surface area contributed by atoms with Crippen LogP contribution in [0, 0.1) is 6.92 Å². The number of aryl methyl sites for hydroxylation is 1. The Balaban J connectivity index is 2.17. The van der Waals surface area contributed by atoms with Crippen LogP contribution in [0.3, 0.4) is 0 Å². The molecule has 1 aromatic heterocycles. The molecule has 1 amide bonds. The van der Waals surface area contributed by atoms with E-state index < -0.39 is 18.0 Å². The number of hydrogen-bond acceptors (Lipinski definition) is 6. The highest BCUT2D eigenvalue weighted by molar-refractivity contribution is 6.46. The van der Waals surface area contributed by atoms with Gasteiger partial charge in [-0.05, 0) is 25.5 Å². The van der Waals surface area contributed by atoms with Crippen LogP contribution >= 0.6 is 46.4 Å². The quantitative estimate of drug-likeness (QED) is 0.485. The van der Waals surface area contributed by atoms with Gasteiger partial charge in [0.1, 0.15) is 10.8 Å². The summed E-state index contributed by atoms with van der Waals surface area (Å²) in [6, 6.07) is 3.19. The maximum Gasteiger partial charge on any atom is 0.359 e. The molecule has 150 valence electrons. The number of amides is 1. The van der Waals surface area contributed by atoms with Gasteiger partial charge >= 0.3 is 5.97 Å². The number of benzene rings is 1. The second kappa shape index (κ2) is 9.05. The van der Waals surface area contributed by atoms with Crippen molar-refractivity contribution in [1.29, 1.82) is 0 Å². The number of nitrogens with zero attached hydrogens (tertiary/aromatic N) is 1. The molecular weight excluding hydrogens is 452 g/mol. The first-order valence-electron chi connectivity index (χ1n) is 7.72. The minimum absolute atomic E-state index is 0.0841. The normalized spacial score (nSPS) is 11.7. The lowest BCUT2D eigenvalue weighted by atomic mass is 10.2. The van der Waals surface area contributed by atoms with Crippen molar-refractivity contribution in [3.8, 4) is 5.75 Å². The number of anilines is 2. The summed E-state index contributed by atoms with van der Waals surface area (Å²) in [5.74, 6) is -1.25. The van der Waals surface area contributed by atoms with Gasteiger partial charge in [-0.15, -0.1) is 0 Å². The van der Waals surface area contributed by atoms with Crippen LogP contribution in [0.1, 0.15) is 23.0 Å². The van der Waals surface area contributed by atoms with E-state index in [0.29, 0.717) is 16.5 Å². The van der Waals surface area contributed by atoms with E-state index in [4.69, 9.17) is 61.6 Å². The number of nitrogen functional groups attached to an aromatic ring is 1. The molecule has 1 atom stereocenters. The molecule has 0 bridgehead atoms. The van der Waals surface area contributed by atoms with Crippen LogP contribution in [0.15, 0.2) is 12.1 Å². The van der Waals surface area contributed by atoms with E-state index in [0.717, 1.165) is 5.56 Å². The molecule has 11 heteroatoms. The fraction of sp³-hybridized carbons (Fsp3) is 0.235. The van der Waals surface area contributed by atoms with E-state index in [2.05, 4.69) is 10.3 Å². The zero-order chi connectivity index (χ0) is 21.2. The average molecular weight is 467 g/mol. The summed E-state index contributed by atoms with van der Waals surface area (Å²) in [7, 11) is 1.43. The van der Waals surface area contributed by atoms with E-state index in [1.807, 2.05) is 0 Å². The number of esters is 1. The van der Waals surface area contributed by atoms with E-state index in [1.54, 1.807) is 19.1 Å². The highest BCUT2D eigenvalue weighted by Crippen LogP contribution is 2.35. The van der Waals surface area contributed by atoms with Crippen LogP contribution < -0.4 is 15.8 Å². The van der Waals surface area contributed by atoms with Crippen LogP contribution in [0.2, 0.25) is 20.2 Å². The van der Waals surface area contributed by atoms with Crippen LogP contribution in [-0.2, 0) is 9.53 Å². The third kappa shape index (κ3) is 4.72. The number of aromatic nitrogens is 1. The number of ether oxygens (including phenoxy) is 2. The van der Waals surface area contributed by atoms with Gasteiger partial charge in [-0.2, -0.15) is 0 Å². The van der Waals surface area contributed by atoms with E-state index in [-0.39, 0.29) is 26.6 Å². The highest BCUT2D eigenvalue weighted by atomic mass is 35.5. The lowest BCUT2D eigenvalue weighted by Crippen LogP contribution is -2.30. The van der Waals surface area contributed by atoms with E-state index in [9.17, 15) is 9.59 Å². The van der Waals surface area contributed by atoms with Crippen molar-refractivity contribution in [1.82, 2.24) is 4.98 Å². The predicted molar refractivity (Wildman–Crippen MR) is 110 cm³/mol. The summed E-state index contributed by atoms with van der Waals surface area (Å²) >= 11 is 23.6. The number of methoxy groups -OCH3 is 1. The first-order valence-corrected chi connectivity index (χ1v) is 9.23. The van der Waals surface area contributed by atoms with Crippen molar-refractivity contribution in [2.24, 2.45) is 0 Å². The number of carbonyl (C=O) groups excluding carboxylic acids is 2. The third-order valence-electron chi connectivity index (χ3n) is 3.66. The number of rotatable bonds is 5. The molecule has 2 aromatic rings. The standard InChI is InChI=1S/C17H15Cl4N3O4/c1-6-4-9(10(27-3)5-8(6)18)23-16(25)7(2)28-17(26)14-11(19)13(22)12(20)15(21)24-14/h4-5,7H,1-3H3,(H2,22,24)(H,23,25). The number of carbonyl (C=O) groups is 2. The van der Waals surface area contributed by atoms with Crippen LogP contribution in [0.4, 0.5) is 11.4 Å². The molecule has 0 spiro atoms. The van der Waals surface area contributed by atoms with Crippen LogP contribution in [-0.4, -0.2) is 30.1 Å². The summed E-state index contributed by atoms with van der Waals surface area (Å²) in [6.45, 7) is 3.14. The van der Waals surface area contributed by atoms with Gasteiger partial charge in [-0.1, -0.05) is 46.4 Å². The van der Waals surface area contributed by atoms with Crippen LogP contribution in [0.5, 0.6) is 5.75 Å². The molecule has 2 rings (SSSR count). The molecule has 1 heterocycles. The minimum atomic E-state index is -1.19. The first-order chi connectivity index (χ1) is 13.1. The Bertz CT molecular complexity index is 953. The number of halogens is 4. The zero-order valence-electron chi connectivity index (χ0n) is 14.9. The van der Waals surface area contributed by atoms with Gasteiger partial charge in [0, 0.05) is 11.1 Å². The fourth-order valence-corrected chi connectivity index (χ4v) is 2.84. The largest absolute Gasteiger partial charge is 0.495 e. The smallest absolute Gasteiger partial charge is 0.359 e. The molecule has 28 heavy (non-hydrogen) atoms. The molecule has 0 aliphatic rings. The minimum Gasteiger partial charge on any atom is -0.495 e. The average Bonchev–Trinajstić information content (AvgIpc) is 2.65. The summed E-state index contributed by atoms with van der Waals surface area (Å²) in [5.41, 5.74) is 6.30. The molecule has 3 N–H and O–H groups in total. The topological polar surface area (TPSA) is 104 Å². The lowest BCUT2D eigenvalue weighted by Gasteiger charge is -2.16. The van der Waals surface area contributed by atoms with Crippen molar-refractivity contribution in [3.63, 3.8) is 0 Å². The summed E-state index contributed by atoms with van der Waals surface area (Å²) in [5, 5.41) is 2.57. The van der Waals surface area contributed by atoms with Gasteiger partial charge in [0.05, 0.1) is 23.5 Å². The third-order valence-corrected chi connectivity index (χ3v) is 5.20. The molecule has 1 unspecified atom stereocenters. The molecule has 0 aliphatic carbocycles. The van der Waals surface area contributed by atoms with Crippen molar-refractivity contribution < 1.29 is 19.1 Å². The van der Waals surface area contributed by atoms with Crippen molar-refractivity contribution in [2.75, 3.05) is 18.2 Å². The SMILES string of the molecule is COc1cc(Cl)c(C)cc1NC(=O)C(C)OC(=O)c1nc(Cl)c(Cl)c(N)c1Cl. The highest BCUT2D eigenvalue weighted by Gasteiger charge is 2.25. The lowest BCUT2D eigenvalue weighted by molar-refractivity contribution is -0.123. The molecule has 0 radical (unpaired) electrons. The van der Waals surface area contributed by atoms with Crippen molar-refractivity contribution in [2.45, 2.75) is 20.0 Å². The molecular formula is C17H15Cl4N3O4. The Morgan fingerprint density at radius 1 is 1.18 bits per heavy atom. The number of nitrogens with one attached hydrogen (secondary N) is 1. The Labute approximate surface area is 181 Å². The Kier molecular flexibility index (Phi) is 7.22. The molecule has 0 fully saturated rings. The van der Waals surface area contributed by atoms with E-state index in [1.165, 1.54) is 14.0 Å². The summed E-state index contributed by atoms with van der Waals surface area (Å²) in [6.07, 6.45) is -1.19. The Morgan fingerprint density at radius 3 is 2.43 bits per heavy atom. The number of hydrogen-bond donors (Lipinski definition) is 2. The molecule has 0 saturated carbocycles. The second-order valence-electron chi connectivity index (χ2n) is 5.63. The predicted octanol–water partition coefficient (Wildman–Crippen LogP) is 4.78. The fourth-order valence-electron chi connectivity index (χ4n) is 2.10. The molecule has 0 aliphatic heterocycles. The van der Waals surface area contributed by atoms with Gasteiger partial charge in [0.2, 0.25) is 0 Å². The van der Waals surface area contributed by atoms with Gasteiger partial charge in [-0.25, -0.2) is 9.78 Å². The summed E-state index contributed by atoms with van der Waals surface area (Å²) in [4.78, 5) is 28.5. The molecule has 1 aromatic carbocycles.